The summed E-state index contributed by atoms with van der Waals surface area (Å²) < 4.78 is 11.0. The van der Waals surface area contributed by atoms with Gasteiger partial charge in [-0.05, 0) is 33.2 Å². The quantitative estimate of drug-likeness (QED) is 0.642. The number of rotatable bonds is 9. The maximum atomic E-state index is 5.85. The van der Waals surface area contributed by atoms with Crippen LogP contribution in [0.3, 0.4) is 0 Å². The smallest absolute Gasteiger partial charge is 0.0649 e. The van der Waals surface area contributed by atoms with Crippen molar-refractivity contribution in [3.05, 3.63) is 0 Å². The molecule has 0 spiro atoms. The van der Waals surface area contributed by atoms with Crippen LogP contribution in [0.1, 0.15) is 40.5 Å². The molecule has 3 heteroatoms. The van der Waals surface area contributed by atoms with Gasteiger partial charge in [0.15, 0.2) is 0 Å². The Morgan fingerprint density at radius 1 is 1.20 bits per heavy atom. The van der Waals surface area contributed by atoms with Crippen LogP contribution in [-0.2, 0) is 9.47 Å². The summed E-state index contributed by atoms with van der Waals surface area (Å²) >= 11 is 0. The van der Waals surface area contributed by atoms with Crippen molar-refractivity contribution < 1.29 is 9.47 Å². The largest absolute Gasteiger partial charge is 0.383 e. The van der Waals surface area contributed by atoms with E-state index in [9.17, 15) is 0 Å². The lowest BCUT2D eigenvalue weighted by molar-refractivity contribution is -0.0387. The second kappa shape index (κ2) is 8.08. The molecule has 0 aliphatic heterocycles. The first-order chi connectivity index (χ1) is 7.05. The third kappa shape index (κ3) is 7.77. The Labute approximate surface area is 94.5 Å². The van der Waals surface area contributed by atoms with E-state index in [0.717, 1.165) is 19.4 Å². The minimum Gasteiger partial charge on any atom is -0.383 e. The highest BCUT2D eigenvalue weighted by atomic mass is 16.5. The van der Waals surface area contributed by atoms with E-state index in [-0.39, 0.29) is 5.60 Å². The maximum absolute atomic E-state index is 5.85. The van der Waals surface area contributed by atoms with E-state index >= 15 is 0 Å². The Bertz CT molecular complexity index is 149. The van der Waals surface area contributed by atoms with Crippen molar-refractivity contribution in [2.24, 2.45) is 0 Å². The summed E-state index contributed by atoms with van der Waals surface area (Å²) in [7, 11) is 1.73. The molecule has 15 heavy (non-hydrogen) atoms. The Morgan fingerprint density at radius 2 is 1.87 bits per heavy atom. The zero-order chi connectivity index (χ0) is 11.7. The molecule has 0 aromatic heterocycles. The molecule has 0 heterocycles. The summed E-state index contributed by atoms with van der Waals surface area (Å²) in [5.41, 5.74) is -0.0279. The number of ether oxygens (including phenoxy) is 2. The number of hydrogen-bond donors (Lipinski definition) is 1. The number of methoxy groups -OCH3 is 1. The summed E-state index contributed by atoms with van der Waals surface area (Å²) in [5.74, 6) is 0. The van der Waals surface area contributed by atoms with Gasteiger partial charge >= 0.3 is 0 Å². The molecule has 0 aliphatic carbocycles. The molecule has 1 unspecified atom stereocenters. The zero-order valence-electron chi connectivity index (χ0n) is 10.9. The molecule has 0 amide bonds. The fraction of sp³-hybridized carbons (Fsp3) is 1.00. The molecular formula is C12H27NO2. The Morgan fingerprint density at radius 3 is 2.33 bits per heavy atom. The van der Waals surface area contributed by atoms with Crippen LogP contribution in [0.4, 0.5) is 0 Å². The molecule has 0 aromatic carbocycles. The lowest BCUT2D eigenvalue weighted by Crippen LogP contribution is -2.40. The SMILES string of the molecule is CCCNC(COC)COC(C)(C)CC. The van der Waals surface area contributed by atoms with Crippen LogP contribution >= 0.6 is 0 Å². The summed E-state index contributed by atoms with van der Waals surface area (Å²) in [6.07, 6.45) is 2.16. The molecule has 92 valence electrons. The van der Waals surface area contributed by atoms with Crippen LogP contribution in [0.2, 0.25) is 0 Å². The van der Waals surface area contributed by atoms with Gasteiger partial charge in [-0.2, -0.15) is 0 Å². The van der Waals surface area contributed by atoms with Crippen molar-refractivity contribution in [1.29, 1.82) is 0 Å². The predicted octanol–water partition coefficient (Wildman–Crippen LogP) is 2.21. The lowest BCUT2D eigenvalue weighted by Gasteiger charge is -2.27. The topological polar surface area (TPSA) is 30.5 Å². The van der Waals surface area contributed by atoms with Crippen molar-refractivity contribution in [3.8, 4) is 0 Å². The number of nitrogens with one attached hydrogen (secondary N) is 1. The van der Waals surface area contributed by atoms with Crippen LogP contribution in [0.25, 0.3) is 0 Å². The minimum atomic E-state index is -0.0279. The van der Waals surface area contributed by atoms with Crippen LogP contribution < -0.4 is 5.32 Å². The van der Waals surface area contributed by atoms with Gasteiger partial charge in [0.05, 0.1) is 24.9 Å². The van der Waals surface area contributed by atoms with Crippen LogP contribution in [-0.4, -0.2) is 38.5 Å². The average Bonchev–Trinajstić information content (AvgIpc) is 2.22. The van der Waals surface area contributed by atoms with Crippen molar-refractivity contribution in [2.45, 2.75) is 52.2 Å². The van der Waals surface area contributed by atoms with E-state index in [0.29, 0.717) is 19.3 Å². The van der Waals surface area contributed by atoms with Gasteiger partial charge in [-0.15, -0.1) is 0 Å². The van der Waals surface area contributed by atoms with Crippen molar-refractivity contribution >= 4 is 0 Å². The van der Waals surface area contributed by atoms with Crippen molar-refractivity contribution in [1.82, 2.24) is 5.32 Å². The van der Waals surface area contributed by atoms with Gasteiger partial charge < -0.3 is 14.8 Å². The molecular weight excluding hydrogens is 190 g/mol. The van der Waals surface area contributed by atoms with E-state index in [2.05, 4.69) is 33.0 Å². The third-order valence-corrected chi connectivity index (χ3v) is 2.58. The molecule has 1 N–H and O–H groups in total. The van der Waals surface area contributed by atoms with Gasteiger partial charge in [0.1, 0.15) is 0 Å². The molecule has 0 saturated carbocycles. The second-order valence-corrected chi connectivity index (χ2v) is 4.53. The molecule has 0 rings (SSSR count). The van der Waals surface area contributed by atoms with Gasteiger partial charge in [0.2, 0.25) is 0 Å². The van der Waals surface area contributed by atoms with Crippen molar-refractivity contribution in [3.63, 3.8) is 0 Å². The molecule has 0 aromatic rings. The zero-order valence-corrected chi connectivity index (χ0v) is 10.9. The molecule has 1 atom stereocenters. The van der Waals surface area contributed by atoms with Gasteiger partial charge in [-0.1, -0.05) is 13.8 Å². The van der Waals surface area contributed by atoms with Crippen molar-refractivity contribution in [2.75, 3.05) is 26.9 Å². The third-order valence-electron chi connectivity index (χ3n) is 2.58. The fourth-order valence-corrected chi connectivity index (χ4v) is 1.14. The van der Waals surface area contributed by atoms with E-state index in [1.54, 1.807) is 7.11 Å². The molecule has 0 aliphatic rings. The fourth-order valence-electron chi connectivity index (χ4n) is 1.14. The molecule has 3 nitrogen and oxygen atoms in total. The number of hydrogen-bond acceptors (Lipinski definition) is 3. The van der Waals surface area contributed by atoms with Gasteiger partial charge in [0.25, 0.3) is 0 Å². The summed E-state index contributed by atoms with van der Waals surface area (Å²) in [6.45, 7) is 11.0. The van der Waals surface area contributed by atoms with E-state index in [4.69, 9.17) is 9.47 Å². The monoisotopic (exact) mass is 217 g/mol. The highest BCUT2D eigenvalue weighted by Crippen LogP contribution is 2.13. The Hall–Kier alpha value is -0.120. The molecule has 0 saturated heterocycles. The van der Waals surface area contributed by atoms with E-state index in [1.807, 2.05) is 0 Å². The van der Waals surface area contributed by atoms with E-state index < -0.39 is 0 Å². The Kier molecular flexibility index (Phi) is 8.02. The van der Waals surface area contributed by atoms with Gasteiger partial charge in [-0.3, -0.25) is 0 Å². The van der Waals surface area contributed by atoms with Gasteiger partial charge in [0, 0.05) is 7.11 Å². The standard InChI is InChI=1S/C12H27NO2/c1-6-8-13-11(9-14-5)10-15-12(3,4)7-2/h11,13H,6-10H2,1-5H3. The minimum absolute atomic E-state index is 0.0279. The highest BCUT2D eigenvalue weighted by Gasteiger charge is 2.18. The maximum Gasteiger partial charge on any atom is 0.0649 e. The van der Waals surface area contributed by atoms with Crippen LogP contribution in [0, 0.1) is 0 Å². The second-order valence-electron chi connectivity index (χ2n) is 4.53. The molecule has 0 fully saturated rings. The highest BCUT2D eigenvalue weighted by molar-refractivity contribution is 4.70. The lowest BCUT2D eigenvalue weighted by atomic mass is 10.1. The Balaban J connectivity index is 3.83. The molecule has 0 radical (unpaired) electrons. The van der Waals surface area contributed by atoms with Crippen LogP contribution in [0.15, 0.2) is 0 Å². The first-order valence-electron chi connectivity index (χ1n) is 5.92. The average molecular weight is 217 g/mol. The first kappa shape index (κ1) is 14.9. The summed E-state index contributed by atoms with van der Waals surface area (Å²) in [6, 6.07) is 0.306. The molecule has 0 bridgehead atoms. The summed E-state index contributed by atoms with van der Waals surface area (Å²) in [5, 5.41) is 3.42. The van der Waals surface area contributed by atoms with Crippen LogP contribution in [0.5, 0.6) is 0 Å². The van der Waals surface area contributed by atoms with E-state index in [1.165, 1.54) is 0 Å². The summed E-state index contributed by atoms with van der Waals surface area (Å²) in [4.78, 5) is 0. The first-order valence-corrected chi connectivity index (χ1v) is 5.92. The van der Waals surface area contributed by atoms with Gasteiger partial charge in [-0.25, -0.2) is 0 Å². The predicted molar refractivity (Wildman–Crippen MR) is 64.3 cm³/mol. The normalized spacial score (nSPS) is 14.2.